The van der Waals surface area contributed by atoms with Gasteiger partial charge in [0.1, 0.15) is 0 Å². The van der Waals surface area contributed by atoms with Crippen molar-refractivity contribution in [2.24, 2.45) is 0 Å². The molecule has 0 bridgehead atoms. The minimum Gasteiger partial charge on any atom is -0.310 e. The molecule has 1 heterocycles. The van der Waals surface area contributed by atoms with Crippen LogP contribution < -0.4 is 9.80 Å². The van der Waals surface area contributed by atoms with Gasteiger partial charge in [0, 0.05) is 22.6 Å². The first-order valence-corrected chi connectivity index (χ1v) is 26.4. The lowest BCUT2D eigenvalue weighted by Gasteiger charge is -2.45. The van der Waals surface area contributed by atoms with Crippen LogP contribution in [0.4, 0.5) is 34.1 Å². The van der Waals surface area contributed by atoms with E-state index in [0.717, 1.165) is 33.9 Å². The fraction of sp³-hybridized carbons (Fsp3) is 0.0270. The number of nitrogens with zero attached hydrogens (tertiary/aromatic N) is 2. The maximum atomic E-state index is 2.54. The van der Waals surface area contributed by atoms with Crippen LogP contribution in [0.3, 0.4) is 0 Å². The summed E-state index contributed by atoms with van der Waals surface area (Å²) in [4.78, 5) is 5.00. The predicted octanol–water partition coefficient (Wildman–Crippen LogP) is 19.0. The van der Waals surface area contributed by atoms with Gasteiger partial charge >= 0.3 is 0 Å². The Morgan fingerprint density at radius 2 is 0.658 bits per heavy atom. The second-order valence-corrected chi connectivity index (χ2v) is 20.3. The fourth-order valence-corrected chi connectivity index (χ4v) is 13.5. The Balaban J connectivity index is 1.02. The third kappa shape index (κ3) is 6.34. The van der Waals surface area contributed by atoms with E-state index in [2.05, 4.69) is 313 Å². The highest BCUT2D eigenvalue weighted by molar-refractivity contribution is 5.99. The maximum Gasteiger partial charge on any atom is 0.0755 e. The molecule has 0 unspecified atom stereocenters. The smallest absolute Gasteiger partial charge is 0.0755 e. The SMILES string of the molecule is c1ccc(-c2cccc(-c3ccccc3N(c3ccc4c(c3)C(c3ccccc3)(c3ccccc3)c3ccccc3-4)c3ccc4c(c3)C3(c5ccccc5-4)c4ccccc4N(c4ccccc4)c4ccccc43)c2)cc1. The van der Waals surface area contributed by atoms with E-state index in [9.17, 15) is 0 Å². The lowest BCUT2D eigenvalue weighted by atomic mass is 9.64. The highest BCUT2D eigenvalue weighted by Gasteiger charge is 2.52. The number of hydrogen-bond donors (Lipinski definition) is 0. The highest BCUT2D eigenvalue weighted by atomic mass is 15.2. The molecule has 0 amide bonds. The molecule has 0 N–H and O–H groups in total. The van der Waals surface area contributed by atoms with Crippen molar-refractivity contribution in [2.75, 3.05) is 9.80 Å². The van der Waals surface area contributed by atoms with E-state index in [-0.39, 0.29) is 0 Å². The van der Waals surface area contributed by atoms with Crippen molar-refractivity contribution in [3.8, 4) is 44.5 Å². The summed E-state index contributed by atoms with van der Waals surface area (Å²) in [7, 11) is 0. The van der Waals surface area contributed by atoms with Crippen molar-refractivity contribution in [1.29, 1.82) is 0 Å². The molecule has 2 nitrogen and oxygen atoms in total. The molecule has 12 aromatic carbocycles. The molecule has 0 atom stereocenters. The summed E-state index contributed by atoms with van der Waals surface area (Å²) in [5.41, 5.74) is 25.4. The molecule has 0 saturated carbocycles. The Labute approximate surface area is 444 Å². The Kier molecular flexibility index (Phi) is 10.0. The van der Waals surface area contributed by atoms with Crippen LogP contribution >= 0.6 is 0 Å². The molecule has 76 heavy (non-hydrogen) atoms. The van der Waals surface area contributed by atoms with Crippen LogP contribution in [0.2, 0.25) is 0 Å². The van der Waals surface area contributed by atoms with Gasteiger partial charge in [0.2, 0.25) is 0 Å². The number of para-hydroxylation sites is 4. The summed E-state index contributed by atoms with van der Waals surface area (Å²) in [6.07, 6.45) is 0. The molecular formula is C74H50N2. The number of benzene rings is 12. The molecule has 2 heteroatoms. The average molecular weight is 967 g/mol. The second kappa shape index (κ2) is 17.4. The monoisotopic (exact) mass is 966 g/mol. The zero-order valence-corrected chi connectivity index (χ0v) is 41.8. The van der Waals surface area contributed by atoms with Gasteiger partial charge in [0.15, 0.2) is 0 Å². The molecule has 0 fully saturated rings. The van der Waals surface area contributed by atoms with Gasteiger partial charge in [-0.1, -0.05) is 243 Å². The first kappa shape index (κ1) is 43.8. The van der Waals surface area contributed by atoms with E-state index >= 15 is 0 Å². The summed E-state index contributed by atoms with van der Waals surface area (Å²) in [5.74, 6) is 0. The Bertz CT molecular complexity index is 4090. The number of hydrogen-bond acceptors (Lipinski definition) is 2. The predicted molar refractivity (Wildman–Crippen MR) is 315 cm³/mol. The molecule has 12 aromatic rings. The van der Waals surface area contributed by atoms with Crippen LogP contribution in [0.1, 0.15) is 44.5 Å². The van der Waals surface area contributed by atoms with E-state index in [1.807, 2.05) is 0 Å². The number of fused-ring (bicyclic) bond motifs is 12. The summed E-state index contributed by atoms with van der Waals surface area (Å²) >= 11 is 0. The first-order chi connectivity index (χ1) is 37.7. The fourth-order valence-electron chi connectivity index (χ4n) is 13.5. The van der Waals surface area contributed by atoms with Gasteiger partial charge in [-0.05, 0) is 144 Å². The van der Waals surface area contributed by atoms with Crippen molar-refractivity contribution in [3.05, 3.63) is 348 Å². The van der Waals surface area contributed by atoms with E-state index in [0.29, 0.717) is 0 Å². The normalized spacial score (nSPS) is 13.7. The third-order valence-corrected chi connectivity index (χ3v) is 16.5. The minimum atomic E-state index is -0.634. The second-order valence-electron chi connectivity index (χ2n) is 20.3. The topological polar surface area (TPSA) is 6.48 Å². The van der Waals surface area contributed by atoms with E-state index < -0.39 is 10.8 Å². The van der Waals surface area contributed by atoms with E-state index in [4.69, 9.17) is 0 Å². The van der Waals surface area contributed by atoms with Gasteiger partial charge in [0.05, 0.1) is 27.9 Å². The van der Waals surface area contributed by atoms with Crippen LogP contribution in [0.5, 0.6) is 0 Å². The van der Waals surface area contributed by atoms with Gasteiger partial charge in [-0.2, -0.15) is 0 Å². The molecule has 0 aromatic heterocycles. The zero-order valence-electron chi connectivity index (χ0n) is 41.8. The third-order valence-electron chi connectivity index (χ3n) is 16.5. The van der Waals surface area contributed by atoms with Gasteiger partial charge in [-0.3, -0.25) is 0 Å². The van der Waals surface area contributed by atoms with Gasteiger partial charge in [-0.15, -0.1) is 0 Å². The molecule has 3 aliphatic rings. The highest BCUT2D eigenvalue weighted by Crippen LogP contribution is 2.64. The summed E-state index contributed by atoms with van der Waals surface area (Å²) in [5, 5.41) is 0. The van der Waals surface area contributed by atoms with Crippen LogP contribution in [0, 0.1) is 0 Å². The van der Waals surface area contributed by atoms with Crippen LogP contribution in [0.25, 0.3) is 44.5 Å². The van der Waals surface area contributed by atoms with Crippen molar-refractivity contribution >= 4 is 34.1 Å². The Morgan fingerprint density at radius 1 is 0.250 bits per heavy atom. The average Bonchev–Trinajstić information content (AvgIpc) is 4.19. The molecule has 1 aliphatic heterocycles. The summed E-state index contributed by atoms with van der Waals surface area (Å²) in [6.45, 7) is 0. The quantitative estimate of drug-likeness (QED) is 0.150. The molecule has 0 radical (unpaired) electrons. The molecule has 356 valence electrons. The first-order valence-electron chi connectivity index (χ1n) is 26.4. The van der Waals surface area contributed by atoms with E-state index in [1.165, 1.54) is 89.3 Å². The van der Waals surface area contributed by atoms with Crippen molar-refractivity contribution in [1.82, 2.24) is 0 Å². The largest absolute Gasteiger partial charge is 0.310 e. The molecule has 0 saturated heterocycles. The Morgan fingerprint density at radius 3 is 1.24 bits per heavy atom. The molecular weight excluding hydrogens is 917 g/mol. The van der Waals surface area contributed by atoms with Crippen molar-refractivity contribution in [3.63, 3.8) is 0 Å². The number of rotatable bonds is 8. The molecule has 1 spiro atoms. The van der Waals surface area contributed by atoms with Crippen LogP contribution in [0.15, 0.2) is 303 Å². The maximum absolute atomic E-state index is 2.54. The molecule has 15 rings (SSSR count). The lowest BCUT2D eigenvalue weighted by molar-refractivity contribution is 0.752. The van der Waals surface area contributed by atoms with Crippen LogP contribution in [-0.2, 0) is 10.8 Å². The zero-order chi connectivity index (χ0) is 50.2. The summed E-state index contributed by atoms with van der Waals surface area (Å²) in [6, 6.07) is 113. The van der Waals surface area contributed by atoms with Crippen molar-refractivity contribution in [2.45, 2.75) is 10.8 Å². The minimum absolute atomic E-state index is 0.580. The van der Waals surface area contributed by atoms with E-state index in [1.54, 1.807) is 0 Å². The standard InChI is InChI=1S/C74H50N2/c1-5-24-51(25-6-1)52-26-23-27-53(48-52)59-34-15-20-41-70(59)75(57-44-46-62-60-35-13-16-37-64(60)73(68(62)49-57,54-28-7-2-8-29-54)55-30-9-3-10-31-55)58-45-47-63-61-36-14-17-38-65(61)74(69(63)50-58)66-39-18-21-42-71(66)76(56-32-11-4-12-33-56)72-43-22-19-40-67(72)74/h1-50H. The summed E-state index contributed by atoms with van der Waals surface area (Å²) < 4.78 is 0. The van der Waals surface area contributed by atoms with Gasteiger partial charge in [0.25, 0.3) is 0 Å². The lowest BCUT2D eigenvalue weighted by Crippen LogP contribution is -2.36. The molecule has 2 aliphatic carbocycles. The van der Waals surface area contributed by atoms with Crippen molar-refractivity contribution < 1.29 is 0 Å². The number of anilines is 6. The van der Waals surface area contributed by atoms with Gasteiger partial charge in [-0.25, -0.2) is 0 Å². The Hall–Kier alpha value is -9.76. The van der Waals surface area contributed by atoms with Gasteiger partial charge < -0.3 is 9.80 Å². The van der Waals surface area contributed by atoms with Crippen LogP contribution in [-0.4, -0.2) is 0 Å².